The minimum absolute atomic E-state index is 0.135. The molecule has 0 radical (unpaired) electrons. The first-order chi connectivity index (χ1) is 8.47. The lowest BCUT2D eigenvalue weighted by Crippen LogP contribution is -2.08. The standard InChI is InChI=1S/C13H12BrFN2O/c1-8-5-10(17(2)16-8)7-13(18)11-6-9(15)3-4-12(11)14/h3-6H,7H2,1-2H3. The van der Waals surface area contributed by atoms with Crippen molar-refractivity contribution < 1.29 is 9.18 Å². The number of carbonyl (C=O) groups excluding carboxylic acids is 1. The molecule has 0 bridgehead atoms. The molecular weight excluding hydrogens is 299 g/mol. The highest BCUT2D eigenvalue weighted by Gasteiger charge is 2.14. The third-order valence-electron chi connectivity index (χ3n) is 2.67. The number of hydrogen-bond acceptors (Lipinski definition) is 2. The Morgan fingerprint density at radius 3 is 2.78 bits per heavy atom. The number of nitrogens with zero attached hydrogens (tertiary/aromatic N) is 2. The molecule has 0 amide bonds. The zero-order chi connectivity index (χ0) is 13.3. The molecule has 0 fully saturated rings. The molecule has 0 saturated heterocycles. The molecule has 1 aromatic carbocycles. The first-order valence-electron chi connectivity index (χ1n) is 5.45. The Kier molecular flexibility index (Phi) is 3.61. The van der Waals surface area contributed by atoms with E-state index >= 15 is 0 Å². The van der Waals surface area contributed by atoms with Gasteiger partial charge in [0.15, 0.2) is 5.78 Å². The molecule has 18 heavy (non-hydrogen) atoms. The van der Waals surface area contributed by atoms with Gasteiger partial charge in [-0.1, -0.05) is 15.9 Å². The normalized spacial score (nSPS) is 10.7. The van der Waals surface area contributed by atoms with Gasteiger partial charge in [-0.05, 0) is 31.2 Å². The van der Waals surface area contributed by atoms with Crippen molar-refractivity contribution in [2.45, 2.75) is 13.3 Å². The second-order valence-corrected chi connectivity index (χ2v) is 4.98. The van der Waals surface area contributed by atoms with Crippen molar-refractivity contribution in [2.24, 2.45) is 7.05 Å². The Balaban J connectivity index is 2.27. The van der Waals surface area contributed by atoms with Crippen LogP contribution in [0.4, 0.5) is 4.39 Å². The summed E-state index contributed by atoms with van der Waals surface area (Å²) in [5.74, 6) is -0.549. The van der Waals surface area contributed by atoms with Crippen LogP contribution >= 0.6 is 15.9 Å². The fourth-order valence-electron chi connectivity index (χ4n) is 1.80. The van der Waals surface area contributed by atoms with Crippen LogP contribution in [0.15, 0.2) is 28.7 Å². The number of halogens is 2. The Hall–Kier alpha value is -1.49. The van der Waals surface area contributed by atoms with Crippen LogP contribution < -0.4 is 0 Å². The third-order valence-corrected chi connectivity index (χ3v) is 3.36. The number of benzene rings is 1. The molecule has 0 spiro atoms. The lowest BCUT2D eigenvalue weighted by Gasteiger charge is -2.04. The maximum atomic E-state index is 13.1. The molecule has 0 unspecified atom stereocenters. The van der Waals surface area contributed by atoms with Crippen molar-refractivity contribution in [3.63, 3.8) is 0 Å². The van der Waals surface area contributed by atoms with Crippen molar-refractivity contribution >= 4 is 21.7 Å². The Morgan fingerprint density at radius 1 is 1.44 bits per heavy atom. The van der Waals surface area contributed by atoms with Gasteiger partial charge in [0, 0.05) is 22.8 Å². The monoisotopic (exact) mass is 310 g/mol. The number of carbonyl (C=O) groups is 1. The van der Waals surface area contributed by atoms with E-state index in [0.29, 0.717) is 10.0 Å². The quantitative estimate of drug-likeness (QED) is 0.817. The second-order valence-electron chi connectivity index (χ2n) is 4.12. The predicted octanol–water partition coefficient (Wildman–Crippen LogP) is 3.06. The second kappa shape index (κ2) is 5.02. The zero-order valence-electron chi connectivity index (χ0n) is 10.1. The van der Waals surface area contributed by atoms with Crippen LogP contribution in [0.3, 0.4) is 0 Å². The molecular formula is C13H12BrFN2O. The molecule has 5 heteroatoms. The first-order valence-corrected chi connectivity index (χ1v) is 6.24. The van der Waals surface area contributed by atoms with E-state index in [2.05, 4.69) is 21.0 Å². The number of aryl methyl sites for hydroxylation is 2. The summed E-state index contributed by atoms with van der Waals surface area (Å²) in [5.41, 5.74) is 2.03. The smallest absolute Gasteiger partial charge is 0.170 e. The van der Waals surface area contributed by atoms with Crippen LogP contribution in [0.5, 0.6) is 0 Å². The summed E-state index contributed by atoms with van der Waals surface area (Å²) in [4.78, 5) is 12.1. The minimum atomic E-state index is -0.414. The van der Waals surface area contributed by atoms with E-state index in [4.69, 9.17) is 0 Å². The van der Waals surface area contributed by atoms with E-state index in [0.717, 1.165) is 11.4 Å². The average molecular weight is 311 g/mol. The summed E-state index contributed by atoms with van der Waals surface area (Å²) in [6.07, 6.45) is 0.208. The fourth-order valence-corrected chi connectivity index (χ4v) is 2.27. The number of hydrogen-bond donors (Lipinski definition) is 0. The Labute approximate surface area is 113 Å². The summed E-state index contributed by atoms with van der Waals surface area (Å²) in [6.45, 7) is 1.87. The van der Waals surface area contributed by atoms with Gasteiger partial charge in [0.2, 0.25) is 0 Å². The van der Waals surface area contributed by atoms with Gasteiger partial charge < -0.3 is 0 Å². The topological polar surface area (TPSA) is 34.9 Å². The molecule has 1 heterocycles. The van der Waals surface area contributed by atoms with E-state index < -0.39 is 5.82 Å². The van der Waals surface area contributed by atoms with Gasteiger partial charge in [0.25, 0.3) is 0 Å². The van der Waals surface area contributed by atoms with Crippen LogP contribution in [0, 0.1) is 12.7 Å². The summed E-state index contributed by atoms with van der Waals surface area (Å²) >= 11 is 3.26. The van der Waals surface area contributed by atoms with Gasteiger partial charge in [0.05, 0.1) is 12.1 Å². The van der Waals surface area contributed by atoms with Gasteiger partial charge in [-0.25, -0.2) is 4.39 Å². The van der Waals surface area contributed by atoms with E-state index in [-0.39, 0.29) is 12.2 Å². The molecule has 0 aliphatic rings. The van der Waals surface area contributed by atoms with Crippen LogP contribution in [0.1, 0.15) is 21.7 Å². The molecule has 1 aromatic heterocycles. The lowest BCUT2D eigenvalue weighted by atomic mass is 10.1. The van der Waals surface area contributed by atoms with Gasteiger partial charge in [0.1, 0.15) is 5.82 Å². The largest absolute Gasteiger partial charge is 0.294 e. The van der Waals surface area contributed by atoms with E-state index in [1.54, 1.807) is 11.7 Å². The summed E-state index contributed by atoms with van der Waals surface area (Å²) in [5, 5.41) is 4.18. The number of rotatable bonds is 3. The van der Waals surface area contributed by atoms with Crippen LogP contribution in [-0.4, -0.2) is 15.6 Å². The van der Waals surface area contributed by atoms with E-state index in [1.165, 1.54) is 18.2 Å². The third kappa shape index (κ3) is 2.67. The van der Waals surface area contributed by atoms with Crippen molar-refractivity contribution in [1.29, 1.82) is 0 Å². The molecule has 0 saturated carbocycles. The number of Topliss-reactive ketones (excluding diaryl/α,β-unsaturated/α-hetero) is 1. The lowest BCUT2D eigenvalue weighted by molar-refractivity contribution is 0.0989. The average Bonchev–Trinajstić information content (AvgIpc) is 2.61. The SMILES string of the molecule is Cc1cc(CC(=O)c2cc(F)ccc2Br)n(C)n1. The molecule has 0 aliphatic heterocycles. The Morgan fingerprint density at radius 2 is 2.17 bits per heavy atom. The Bertz CT molecular complexity index is 607. The predicted molar refractivity (Wildman–Crippen MR) is 70.1 cm³/mol. The highest BCUT2D eigenvalue weighted by Crippen LogP contribution is 2.20. The molecule has 2 rings (SSSR count). The van der Waals surface area contributed by atoms with Gasteiger partial charge in [-0.2, -0.15) is 5.10 Å². The van der Waals surface area contributed by atoms with E-state index in [1.807, 2.05) is 13.0 Å². The number of aromatic nitrogens is 2. The number of ketones is 1. The highest BCUT2D eigenvalue weighted by molar-refractivity contribution is 9.10. The first kappa shape index (κ1) is 13.0. The van der Waals surface area contributed by atoms with Crippen molar-refractivity contribution in [2.75, 3.05) is 0 Å². The summed E-state index contributed by atoms with van der Waals surface area (Å²) in [6, 6.07) is 5.95. The fraction of sp³-hybridized carbons (Fsp3) is 0.231. The van der Waals surface area contributed by atoms with Crippen molar-refractivity contribution in [3.05, 3.63) is 51.5 Å². The maximum absolute atomic E-state index is 13.1. The van der Waals surface area contributed by atoms with Crippen LogP contribution in [0.25, 0.3) is 0 Å². The molecule has 0 N–H and O–H groups in total. The zero-order valence-corrected chi connectivity index (χ0v) is 11.7. The molecule has 94 valence electrons. The molecule has 0 atom stereocenters. The van der Waals surface area contributed by atoms with Gasteiger partial charge in [-0.3, -0.25) is 9.48 Å². The highest BCUT2D eigenvalue weighted by atomic mass is 79.9. The van der Waals surface area contributed by atoms with Gasteiger partial charge in [-0.15, -0.1) is 0 Å². The van der Waals surface area contributed by atoms with Crippen LogP contribution in [0.2, 0.25) is 0 Å². The van der Waals surface area contributed by atoms with Gasteiger partial charge >= 0.3 is 0 Å². The maximum Gasteiger partial charge on any atom is 0.170 e. The van der Waals surface area contributed by atoms with Crippen molar-refractivity contribution in [1.82, 2.24) is 9.78 Å². The summed E-state index contributed by atoms with van der Waals surface area (Å²) in [7, 11) is 1.79. The van der Waals surface area contributed by atoms with E-state index in [9.17, 15) is 9.18 Å². The minimum Gasteiger partial charge on any atom is -0.294 e. The van der Waals surface area contributed by atoms with Crippen LogP contribution in [-0.2, 0) is 13.5 Å². The summed E-state index contributed by atoms with van der Waals surface area (Å²) < 4.78 is 15.4. The molecule has 3 nitrogen and oxygen atoms in total. The molecule has 0 aliphatic carbocycles. The van der Waals surface area contributed by atoms with Crippen molar-refractivity contribution in [3.8, 4) is 0 Å². The molecule has 2 aromatic rings.